The Balaban J connectivity index is 2.93. The first kappa shape index (κ1) is 18.2. The van der Waals surface area contributed by atoms with Crippen molar-refractivity contribution in [2.45, 2.75) is 13.8 Å². The van der Waals surface area contributed by atoms with Gasteiger partial charge in [0.1, 0.15) is 11.5 Å². The van der Waals surface area contributed by atoms with Crippen molar-refractivity contribution < 1.29 is 33.3 Å². The maximum Gasteiger partial charge on any atom is 0.345 e. The minimum atomic E-state index is -0.950. The van der Waals surface area contributed by atoms with E-state index in [9.17, 15) is 14.4 Å². The second-order valence-electron chi connectivity index (χ2n) is 4.10. The van der Waals surface area contributed by atoms with Crippen LogP contribution in [-0.4, -0.2) is 38.2 Å². The van der Waals surface area contributed by atoms with Crippen LogP contribution in [0.1, 0.15) is 13.8 Å². The number of hydrogen-bond acceptors (Lipinski definition) is 7. The molecule has 0 saturated heterocycles. The van der Waals surface area contributed by atoms with Gasteiger partial charge in [-0.15, -0.1) is 0 Å². The van der Waals surface area contributed by atoms with Gasteiger partial charge in [-0.2, -0.15) is 0 Å². The molecule has 1 aromatic carbocycles. The zero-order valence-corrected chi connectivity index (χ0v) is 13.2. The topological polar surface area (TPSA) is 88.1 Å². The molecule has 1 aromatic rings. The maximum absolute atomic E-state index is 11.9. The minimum absolute atomic E-state index is 0.0561. The Kier molecular flexibility index (Phi) is 7.32. The second-order valence-corrected chi connectivity index (χ2v) is 4.10. The lowest BCUT2D eigenvalue weighted by atomic mass is 10.2. The molecule has 0 amide bonds. The molecule has 0 saturated carbocycles. The van der Waals surface area contributed by atoms with Crippen LogP contribution in [0.25, 0.3) is 0 Å². The monoisotopic (exact) mass is 322 g/mol. The zero-order valence-electron chi connectivity index (χ0n) is 13.2. The minimum Gasteiger partial charge on any atom is -0.497 e. The fourth-order valence-electron chi connectivity index (χ4n) is 1.55. The van der Waals surface area contributed by atoms with Gasteiger partial charge in [-0.25, -0.2) is 14.4 Å². The van der Waals surface area contributed by atoms with E-state index >= 15 is 0 Å². The SMILES string of the molecule is CCOC(=O)C(=CC(=O)Oc1cccc(OC)c1)C(=O)OCC. The van der Waals surface area contributed by atoms with Crippen LogP contribution in [0.15, 0.2) is 35.9 Å². The van der Waals surface area contributed by atoms with Crippen molar-refractivity contribution in [1.82, 2.24) is 0 Å². The van der Waals surface area contributed by atoms with Gasteiger partial charge in [0.05, 0.1) is 20.3 Å². The van der Waals surface area contributed by atoms with Gasteiger partial charge < -0.3 is 18.9 Å². The van der Waals surface area contributed by atoms with Crippen LogP contribution < -0.4 is 9.47 Å². The first-order valence-electron chi connectivity index (χ1n) is 6.93. The van der Waals surface area contributed by atoms with E-state index in [0.29, 0.717) is 5.75 Å². The van der Waals surface area contributed by atoms with Crippen LogP contribution in [0.3, 0.4) is 0 Å². The Bertz CT molecular complexity index is 584. The molecule has 124 valence electrons. The molecule has 0 atom stereocenters. The highest BCUT2D eigenvalue weighted by Gasteiger charge is 2.23. The van der Waals surface area contributed by atoms with Gasteiger partial charge >= 0.3 is 17.9 Å². The fourth-order valence-corrected chi connectivity index (χ4v) is 1.55. The first-order chi connectivity index (χ1) is 11.0. The largest absolute Gasteiger partial charge is 0.497 e. The molecule has 0 unspecified atom stereocenters. The van der Waals surface area contributed by atoms with Crippen molar-refractivity contribution >= 4 is 17.9 Å². The lowest BCUT2D eigenvalue weighted by molar-refractivity contribution is -0.147. The maximum atomic E-state index is 11.9. The van der Waals surface area contributed by atoms with Crippen LogP contribution in [-0.2, 0) is 23.9 Å². The Morgan fingerprint density at radius 3 is 2.09 bits per heavy atom. The zero-order chi connectivity index (χ0) is 17.2. The third-order valence-corrected chi connectivity index (χ3v) is 2.51. The van der Waals surface area contributed by atoms with Crippen LogP contribution >= 0.6 is 0 Å². The summed E-state index contributed by atoms with van der Waals surface area (Å²) in [4.78, 5) is 35.3. The van der Waals surface area contributed by atoms with Crippen LogP contribution in [0.2, 0.25) is 0 Å². The lowest BCUT2D eigenvalue weighted by Gasteiger charge is -2.07. The molecule has 0 fully saturated rings. The van der Waals surface area contributed by atoms with Crippen molar-refractivity contribution in [3.05, 3.63) is 35.9 Å². The van der Waals surface area contributed by atoms with Gasteiger partial charge in [0.2, 0.25) is 0 Å². The van der Waals surface area contributed by atoms with E-state index in [1.165, 1.54) is 19.2 Å². The van der Waals surface area contributed by atoms with Crippen LogP contribution in [0.4, 0.5) is 0 Å². The standard InChI is InChI=1S/C16H18O7/c1-4-21-15(18)13(16(19)22-5-2)10-14(17)23-12-8-6-7-11(9-12)20-3/h6-10H,4-5H2,1-3H3. The Labute approximate surface area is 133 Å². The molecule has 0 aliphatic heterocycles. The third kappa shape index (κ3) is 5.82. The third-order valence-electron chi connectivity index (χ3n) is 2.51. The van der Waals surface area contributed by atoms with E-state index in [1.54, 1.807) is 26.0 Å². The molecule has 1 rings (SSSR count). The quantitative estimate of drug-likeness (QED) is 0.248. The number of ether oxygens (including phenoxy) is 4. The van der Waals surface area contributed by atoms with Crippen molar-refractivity contribution in [3.8, 4) is 11.5 Å². The molecular formula is C16H18O7. The van der Waals surface area contributed by atoms with Gasteiger partial charge in [-0.05, 0) is 26.0 Å². The van der Waals surface area contributed by atoms with E-state index in [0.717, 1.165) is 6.08 Å². The van der Waals surface area contributed by atoms with Crippen molar-refractivity contribution in [3.63, 3.8) is 0 Å². The smallest absolute Gasteiger partial charge is 0.345 e. The van der Waals surface area contributed by atoms with E-state index in [1.807, 2.05) is 0 Å². The molecule has 0 aliphatic rings. The Morgan fingerprint density at radius 1 is 1.00 bits per heavy atom. The van der Waals surface area contributed by atoms with Gasteiger partial charge in [-0.3, -0.25) is 0 Å². The van der Waals surface area contributed by atoms with Crippen molar-refractivity contribution in [2.24, 2.45) is 0 Å². The summed E-state index contributed by atoms with van der Waals surface area (Å²) < 4.78 is 19.5. The number of rotatable bonds is 7. The Morgan fingerprint density at radius 2 is 1.57 bits per heavy atom. The molecule has 0 aliphatic carbocycles. The predicted molar refractivity (Wildman–Crippen MR) is 80.0 cm³/mol. The highest BCUT2D eigenvalue weighted by molar-refractivity contribution is 6.17. The second kappa shape index (κ2) is 9.24. The van der Waals surface area contributed by atoms with Crippen molar-refractivity contribution in [2.75, 3.05) is 20.3 Å². The van der Waals surface area contributed by atoms with Crippen LogP contribution in [0, 0.1) is 0 Å². The number of esters is 3. The molecular weight excluding hydrogens is 304 g/mol. The number of methoxy groups -OCH3 is 1. The average molecular weight is 322 g/mol. The molecule has 7 heteroatoms. The summed E-state index contributed by atoms with van der Waals surface area (Å²) in [6.45, 7) is 3.27. The summed E-state index contributed by atoms with van der Waals surface area (Å²) in [7, 11) is 1.47. The van der Waals surface area contributed by atoms with Crippen LogP contribution in [0.5, 0.6) is 11.5 Å². The number of carbonyl (C=O) groups is 3. The summed E-state index contributed by atoms with van der Waals surface area (Å²) in [6.07, 6.45) is 0.745. The van der Waals surface area contributed by atoms with Crippen molar-refractivity contribution in [1.29, 1.82) is 0 Å². The molecule has 0 heterocycles. The molecule has 0 bridgehead atoms. The Hall–Kier alpha value is -2.83. The summed E-state index contributed by atoms with van der Waals surface area (Å²) in [5.74, 6) is -2.11. The first-order valence-corrected chi connectivity index (χ1v) is 6.93. The van der Waals surface area contributed by atoms with E-state index in [2.05, 4.69) is 0 Å². The van der Waals surface area contributed by atoms with E-state index in [4.69, 9.17) is 18.9 Å². The lowest BCUT2D eigenvalue weighted by Crippen LogP contribution is -2.20. The van der Waals surface area contributed by atoms with Gasteiger partial charge in [0.25, 0.3) is 0 Å². The summed E-state index contributed by atoms with van der Waals surface area (Å²) in [5, 5.41) is 0. The summed E-state index contributed by atoms with van der Waals surface area (Å²) in [5.41, 5.74) is -0.526. The highest BCUT2D eigenvalue weighted by atomic mass is 16.6. The van der Waals surface area contributed by atoms with Gasteiger partial charge in [0, 0.05) is 12.1 Å². The highest BCUT2D eigenvalue weighted by Crippen LogP contribution is 2.19. The van der Waals surface area contributed by atoms with E-state index < -0.39 is 23.5 Å². The van der Waals surface area contributed by atoms with Gasteiger partial charge in [-0.1, -0.05) is 6.07 Å². The van der Waals surface area contributed by atoms with Gasteiger partial charge in [0.15, 0.2) is 5.57 Å². The molecule has 0 radical (unpaired) electrons. The molecule has 0 aromatic heterocycles. The number of carbonyl (C=O) groups excluding carboxylic acids is 3. The molecule has 7 nitrogen and oxygen atoms in total. The van der Waals surface area contributed by atoms with E-state index in [-0.39, 0.29) is 19.0 Å². The molecule has 23 heavy (non-hydrogen) atoms. The normalized spacial score (nSPS) is 9.52. The number of benzene rings is 1. The molecule has 0 N–H and O–H groups in total. The summed E-state index contributed by atoms with van der Waals surface area (Å²) in [6, 6.07) is 6.32. The fraction of sp³-hybridized carbons (Fsp3) is 0.312. The number of hydrogen-bond donors (Lipinski definition) is 0. The summed E-state index contributed by atoms with van der Waals surface area (Å²) >= 11 is 0. The molecule has 0 spiro atoms. The predicted octanol–water partition coefficient (Wildman–Crippen LogP) is 1.65. The average Bonchev–Trinajstić information content (AvgIpc) is 2.53.